The highest BCUT2D eigenvalue weighted by Crippen LogP contribution is 2.39. The molecule has 0 aromatic heterocycles. The summed E-state index contributed by atoms with van der Waals surface area (Å²) in [5.41, 5.74) is 5.07. The van der Waals surface area contributed by atoms with Gasteiger partial charge in [-0.2, -0.15) is 0 Å². The molecule has 0 spiro atoms. The molecule has 0 fully saturated rings. The maximum Gasteiger partial charge on any atom is 0.264 e. The molecule has 5 rings (SSSR count). The topological polar surface area (TPSA) is 75.7 Å². The number of aryl methyl sites for hydroxylation is 3. The van der Waals surface area contributed by atoms with Gasteiger partial charge in [0.05, 0.1) is 23.2 Å². The second kappa shape index (κ2) is 10.4. The number of nitrogens with one attached hydrogen (secondary N) is 1. The molecule has 0 bridgehead atoms. The average Bonchev–Trinajstić information content (AvgIpc) is 2.91. The number of ether oxygens (including phenoxy) is 1. The third-order valence-electron chi connectivity index (χ3n) is 7.19. The highest BCUT2D eigenvalue weighted by Gasteiger charge is 2.38. The van der Waals surface area contributed by atoms with Crippen molar-refractivity contribution < 1.29 is 17.9 Å². The number of carbonyl (C=O) groups is 1. The number of hydrogen-bond donors (Lipinski definition) is 1. The van der Waals surface area contributed by atoms with Crippen molar-refractivity contribution >= 4 is 33.2 Å². The van der Waals surface area contributed by atoms with Crippen molar-refractivity contribution in [2.75, 3.05) is 10.8 Å². The van der Waals surface area contributed by atoms with E-state index in [0.29, 0.717) is 22.9 Å². The summed E-state index contributed by atoms with van der Waals surface area (Å²) in [5.74, 6) is -0.0532. The Hall–Kier alpha value is -3.03. The minimum absolute atomic E-state index is 0.144. The van der Waals surface area contributed by atoms with Gasteiger partial charge in [-0.15, -0.1) is 0 Å². The first-order valence-electron chi connectivity index (χ1n) is 12.7. The van der Waals surface area contributed by atoms with E-state index in [-0.39, 0.29) is 23.4 Å². The van der Waals surface area contributed by atoms with E-state index in [1.54, 1.807) is 42.5 Å². The highest BCUT2D eigenvalue weighted by molar-refractivity contribution is 7.92. The molecule has 3 aromatic carbocycles. The fourth-order valence-corrected chi connectivity index (χ4v) is 6.72. The van der Waals surface area contributed by atoms with E-state index >= 15 is 0 Å². The Kier molecular flexibility index (Phi) is 7.19. The van der Waals surface area contributed by atoms with Gasteiger partial charge in [0.25, 0.3) is 15.9 Å². The van der Waals surface area contributed by atoms with Crippen molar-refractivity contribution in [2.24, 2.45) is 0 Å². The van der Waals surface area contributed by atoms with Crippen LogP contribution in [0.5, 0.6) is 5.75 Å². The van der Waals surface area contributed by atoms with Crippen molar-refractivity contribution in [3.05, 3.63) is 87.9 Å². The molecule has 1 aliphatic carbocycles. The van der Waals surface area contributed by atoms with Gasteiger partial charge in [-0.3, -0.25) is 9.10 Å². The summed E-state index contributed by atoms with van der Waals surface area (Å²) in [7, 11) is -3.96. The molecule has 3 aromatic rings. The van der Waals surface area contributed by atoms with E-state index in [1.807, 2.05) is 13.8 Å². The number of carbonyl (C=O) groups excluding carboxylic acids is 1. The fourth-order valence-electron chi connectivity index (χ4n) is 5.08. The minimum Gasteiger partial charge on any atom is -0.476 e. The van der Waals surface area contributed by atoms with Crippen molar-refractivity contribution in [2.45, 2.75) is 63.0 Å². The second-order valence-electron chi connectivity index (χ2n) is 9.77. The molecule has 2 unspecified atom stereocenters. The third kappa shape index (κ3) is 5.20. The number of sulfonamides is 1. The quantitative estimate of drug-likeness (QED) is 0.433. The first-order chi connectivity index (χ1) is 17.8. The molecule has 37 heavy (non-hydrogen) atoms. The van der Waals surface area contributed by atoms with Crippen molar-refractivity contribution in [3.63, 3.8) is 0 Å². The van der Waals surface area contributed by atoms with Crippen LogP contribution in [-0.2, 0) is 27.7 Å². The number of fused-ring (bicyclic) bond motifs is 2. The lowest BCUT2D eigenvalue weighted by molar-refractivity contribution is -0.128. The lowest BCUT2D eigenvalue weighted by Crippen LogP contribution is -2.51. The summed E-state index contributed by atoms with van der Waals surface area (Å²) in [6.45, 7) is 3.76. The van der Waals surface area contributed by atoms with Gasteiger partial charge in [0.2, 0.25) is 0 Å². The molecule has 0 saturated heterocycles. The maximum absolute atomic E-state index is 13.7. The largest absolute Gasteiger partial charge is 0.476 e. The summed E-state index contributed by atoms with van der Waals surface area (Å²) in [6.07, 6.45) is 4.25. The summed E-state index contributed by atoms with van der Waals surface area (Å²) in [6, 6.07) is 17.7. The molecule has 1 amide bonds. The van der Waals surface area contributed by atoms with E-state index in [0.717, 1.165) is 24.0 Å². The summed E-state index contributed by atoms with van der Waals surface area (Å²) >= 11 is 6.21. The number of halogens is 1. The van der Waals surface area contributed by atoms with Gasteiger partial charge >= 0.3 is 0 Å². The van der Waals surface area contributed by atoms with Gasteiger partial charge in [0.1, 0.15) is 5.75 Å². The van der Waals surface area contributed by atoms with Gasteiger partial charge in [0.15, 0.2) is 6.10 Å². The molecular weight excluding hydrogens is 508 g/mol. The van der Waals surface area contributed by atoms with Crippen molar-refractivity contribution in [3.8, 4) is 5.75 Å². The zero-order chi connectivity index (χ0) is 26.2. The predicted molar refractivity (Wildman–Crippen MR) is 146 cm³/mol. The highest BCUT2D eigenvalue weighted by atomic mass is 35.5. The van der Waals surface area contributed by atoms with Crippen LogP contribution in [0.3, 0.4) is 0 Å². The lowest BCUT2D eigenvalue weighted by atomic mass is 9.88. The Morgan fingerprint density at radius 3 is 2.51 bits per heavy atom. The summed E-state index contributed by atoms with van der Waals surface area (Å²) in [5, 5.41) is 3.49. The lowest BCUT2D eigenvalue weighted by Gasteiger charge is -2.35. The van der Waals surface area contributed by atoms with Gasteiger partial charge < -0.3 is 10.1 Å². The Morgan fingerprint density at radius 1 is 1.05 bits per heavy atom. The first-order valence-corrected chi connectivity index (χ1v) is 14.6. The van der Waals surface area contributed by atoms with Crippen LogP contribution < -0.4 is 14.4 Å². The smallest absolute Gasteiger partial charge is 0.264 e. The number of benzene rings is 3. The van der Waals surface area contributed by atoms with E-state index in [9.17, 15) is 13.2 Å². The molecular formula is C29H31ClN2O4S. The van der Waals surface area contributed by atoms with E-state index in [4.69, 9.17) is 16.3 Å². The predicted octanol–water partition coefficient (Wildman–Crippen LogP) is 5.75. The molecule has 0 radical (unpaired) electrons. The monoisotopic (exact) mass is 538 g/mol. The molecule has 2 atom stereocenters. The zero-order valence-electron chi connectivity index (χ0n) is 21.0. The second-order valence-corrected chi connectivity index (χ2v) is 12.1. The summed E-state index contributed by atoms with van der Waals surface area (Å²) in [4.78, 5) is 13.6. The van der Waals surface area contributed by atoms with Gasteiger partial charge in [-0.05, 0) is 86.1 Å². The number of anilines is 1. The Bertz CT molecular complexity index is 1420. The number of nitrogens with zero attached hydrogens (tertiary/aromatic N) is 1. The molecule has 8 heteroatoms. The Balaban J connectivity index is 1.42. The fraction of sp³-hybridized carbons (Fsp3) is 0.345. The Morgan fingerprint density at radius 2 is 1.78 bits per heavy atom. The van der Waals surface area contributed by atoms with Crippen molar-refractivity contribution in [1.82, 2.24) is 5.32 Å². The van der Waals surface area contributed by atoms with Crippen LogP contribution in [0.2, 0.25) is 5.02 Å². The molecule has 0 saturated carbocycles. The van der Waals surface area contributed by atoms with Crippen LogP contribution in [0, 0.1) is 6.92 Å². The molecule has 1 heterocycles. The Labute approximate surface area is 223 Å². The maximum atomic E-state index is 13.7. The first kappa shape index (κ1) is 25.6. The normalized spacial score (nSPS) is 17.8. The molecule has 2 aliphatic rings. The van der Waals surface area contributed by atoms with Gasteiger partial charge in [0, 0.05) is 5.02 Å². The van der Waals surface area contributed by atoms with Crippen LogP contribution in [0.15, 0.2) is 65.6 Å². The number of rotatable bonds is 6. The minimum atomic E-state index is -3.96. The summed E-state index contributed by atoms with van der Waals surface area (Å²) < 4.78 is 34.6. The average molecular weight is 539 g/mol. The zero-order valence-corrected chi connectivity index (χ0v) is 22.6. The number of amides is 1. The SMILES string of the molecule is CCC(NC(=O)C1CN(S(=O)(=O)c2ccc(C)cc2)c2cc(Cl)ccc2O1)c1ccc2c(c1)CCCC2. The van der Waals surface area contributed by atoms with Crippen LogP contribution >= 0.6 is 11.6 Å². The molecule has 1 aliphatic heterocycles. The van der Waals surface area contributed by atoms with E-state index in [1.165, 1.54) is 28.3 Å². The van der Waals surface area contributed by atoms with E-state index in [2.05, 4.69) is 23.5 Å². The van der Waals surface area contributed by atoms with Gasteiger partial charge in [-0.25, -0.2) is 8.42 Å². The van der Waals surface area contributed by atoms with Gasteiger partial charge in [-0.1, -0.05) is 54.4 Å². The molecule has 1 N–H and O–H groups in total. The van der Waals surface area contributed by atoms with Crippen LogP contribution in [-0.4, -0.2) is 27.0 Å². The van der Waals surface area contributed by atoms with Crippen molar-refractivity contribution in [1.29, 1.82) is 0 Å². The van der Waals surface area contributed by atoms with Crippen LogP contribution in [0.4, 0.5) is 5.69 Å². The molecule has 194 valence electrons. The van der Waals surface area contributed by atoms with Crippen LogP contribution in [0.1, 0.15) is 54.5 Å². The van der Waals surface area contributed by atoms with E-state index < -0.39 is 16.1 Å². The third-order valence-corrected chi connectivity index (χ3v) is 9.22. The van der Waals surface area contributed by atoms with Crippen LogP contribution in [0.25, 0.3) is 0 Å². The standard InChI is InChI=1S/C29H31ClN2O4S/c1-3-25(22-11-10-20-6-4-5-7-21(20)16-22)31-29(33)28-18-32(26-17-23(30)12-15-27(26)36-28)37(34,35)24-13-8-19(2)9-14-24/h8-17,25,28H,3-7,18H2,1-2H3,(H,31,33). The number of hydrogen-bond acceptors (Lipinski definition) is 4. The molecule has 6 nitrogen and oxygen atoms in total.